The molecule has 1 aliphatic carbocycles. The Morgan fingerprint density at radius 2 is 1.49 bits per heavy atom. The van der Waals surface area contributed by atoms with Crippen LogP contribution in [0.2, 0.25) is 0 Å². The molecule has 0 bridgehead atoms. The fourth-order valence-electron chi connectivity index (χ4n) is 8.10. The zero-order valence-corrected chi connectivity index (χ0v) is 36.2. The van der Waals surface area contributed by atoms with Gasteiger partial charge in [0.05, 0.1) is 11.5 Å². The minimum absolute atomic E-state index is 0. The van der Waals surface area contributed by atoms with Crippen molar-refractivity contribution >= 4 is 38.1 Å². The topological polar surface area (TPSA) is 63.1 Å². The van der Waals surface area contributed by atoms with E-state index >= 15 is 0 Å². The molecule has 1 fully saturated rings. The third-order valence-corrected chi connectivity index (χ3v) is 11.6. The van der Waals surface area contributed by atoms with Crippen molar-refractivity contribution in [3.63, 3.8) is 0 Å². The van der Waals surface area contributed by atoms with Gasteiger partial charge in [0.2, 0.25) is 0 Å². The molecule has 1 N–H and O–H groups in total. The average molecular weight is 890 g/mol. The van der Waals surface area contributed by atoms with Crippen molar-refractivity contribution < 1.29 is 30.0 Å². The third kappa shape index (κ3) is 9.65. The molecule has 2 aromatic heterocycles. The third-order valence-electron chi connectivity index (χ3n) is 11.6. The molecule has 0 saturated heterocycles. The second-order valence-corrected chi connectivity index (χ2v) is 16.9. The van der Waals surface area contributed by atoms with Crippen LogP contribution in [-0.4, -0.2) is 20.9 Å². The van der Waals surface area contributed by atoms with E-state index in [4.69, 9.17) is 9.97 Å². The smallest absolute Gasteiger partial charge is 0.162 e. The van der Waals surface area contributed by atoms with E-state index in [0.29, 0.717) is 11.3 Å². The Balaban J connectivity index is 0.000000335. The molecular formula is C48H61IrN2O2-. The van der Waals surface area contributed by atoms with Crippen LogP contribution in [0.4, 0.5) is 0 Å². The van der Waals surface area contributed by atoms with Crippen molar-refractivity contribution in [1.29, 1.82) is 0 Å². The largest absolute Gasteiger partial charge is 0.512 e. The summed E-state index contributed by atoms with van der Waals surface area (Å²) >= 11 is 0. The summed E-state index contributed by atoms with van der Waals surface area (Å²) in [6, 6.07) is 23.6. The summed E-state index contributed by atoms with van der Waals surface area (Å²) in [6.07, 6.45) is 11.9. The van der Waals surface area contributed by atoms with Gasteiger partial charge in [-0.3, -0.25) is 14.8 Å². The van der Waals surface area contributed by atoms with Gasteiger partial charge in [-0.15, -0.1) is 29.1 Å². The summed E-state index contributed by atoms with van der Waals surface area (Å²) in [6.45, 7) is 21.9. The average Bonchev–Trinajstić information content (AvgIpc) is 3.11. The van der Waals surface area contributed by atoms with Gasteiger partial charge >= 0.3 is 0 Å². The van der Waals surface area contributed by atoms with Crippen LogP contribution in [0.3, 0.4) is 0 Å². The standard InChI is InChI=1S/C35H37N2.C13H24O2.Ir/c1-22-19-30-27-15-18-36-32(25-20-24-9-7-8-10-26(24)31(21-25)34(2,3)4)28(27)11-12-29(30)33(37-22)23-13-16-35(5,6)17-14-23;1-5-10(6-2)12(14)9-13(15)11(7-3)8-4;/h7-12,15,18-19,21,23H,13-14,16-17H2,1-6H3;9-11,14H,5-8H2,1-4H3;/q-1;;/b;12-9-;. The van der Waals surface area contributed by atoms with E-state index in [9.17, 15) is 9.90 Å². The van der Waals surface area contributed by atoms with Crippen LogP contribution in [0.15, 0.2) is 72.6 Å². The number of ketones is 1. The van der Waals surface area contributed by atoms with Crippen molar-refractivity contribution in [3.8, 4) is 11.3 Å². The molecule has 6 rings (SSSR count). The van der Waals surface area contributed by atoms with Crippen LogP contribution in [0.25, 0.3) is 43.6 Å². The van der Waals surface area contributed by atoms with Crippen LogP contribution < -0.4 is 0 Å². The first kappa shape index (κ1) is 42.3. The number of carbonyl (C=O) groups excluding carboxylic acids is 1. The number of aliphatic hydroxyl groups excluding tert-OH is 1. The summed E-state index contributed by atoms with van der Waals surface area (Å²) in [5.74, 6) is 1.09. The number of aliphatic hydroxyl groups is 1. The van der Waals surface area contributed by atoms with Crippen LogP contribution in [0.5, 0.6) is 0 Å². The van der Waals surface area contributed by atoms with Gasteiger partial charge in [-0.05, 0) is 97.4 Å². The van der Waals surface area contributed by atoms with Gasteiger partial charge in [0.25, 0.3) is 0 Å². The molecule has 53 heavy (non-hydrogen) atoms. The van der Waals surface area contributed by atoms with E-state index in [1.165, 1.54) is 69.9 Å². The monoisotopic (exact) mass is 890 g/mol. The zero-order valence-electron chi connectivity index (χ0n) is 33.8. The Morgan fingerprint density at radius 3 is 2.11 bits per heavy atom. The van der Waals surface area contributed by atoms with Crippen LogP contribution in [-0.2, 0) is 30.3 Å². The first-order chi connectivity index (χ1) is 24.7. The van der Waals surface area contributed by atoms with Gasteiger partial charge in [0.1, 0.15) is 0 Å². The Kier molecular flexibility index (Phi) is 14.2. The van der Waals surface area contributed by atoms with E-state index in [-0.39, 0.29) is 48.9 Å². The minimum Gasteiger partial charge on any atom is -0.512 e. The normalized spacial score (nSPS) is 15.1. The maximum Gasteiger partial charge on any atom is 0.162 e. The second-order valence-electron chi connectivity index (χ2n) is 16.9. The van der Waals surface area contributed by atoms with Gasteiger partial charge in [-0.1, -0.05) is 104 Å². The molecule has 0 unspecified atom stereocenters. The van der Waals surface area contributed by atoms with Gasteiger partial charge in [-0.2, -0.15) is 0 Å². The molecule has 5 heteroatoms. The molecule has 2 heterocycles. The molecule has 0 aliphatic heterocycles. The SMILES string of the molecule is CCC(CC)C(=O)/C=C(\O)C(CC)CC.Cc1cc2c(ccc3c(-c4[c-]c5ccccc5c(C(C)(C)C)c4)nccc32)c(C2CCC(C)(C)CC2)n1.[Ir]. The Labute approximate surface area is 332 Å². The first-order valence-electron chi connectivity index (χ1n) is 19.8. The number of carbonyl (C=O) groups is 1. The predicted octanol–water partition coefficient (Wildman–Crippen LogP) is 13.6. The Morgan fingerprint density at radius 1 is 0.868 bits per heavy atom. The molecule has 3 aromatic carbocycles. The molecule has 1 radical (unpaired) electrons. The quantitative estimate of drug-likeness (QED) is 0.0693. The number of fused-ring (bicyclic) bond motifs is 4. The van der Waals surface area contributed by atoms with Crippen molar-refractivity contribution in [2.75, 3.05) is 0 Å². The maximum atomic E-state index is 11.7. The number of hydrogen-bond acceptors (Lipinski definition) is 4. The first-order valence-corrected chi connectivity index (χ1v) is 19.8. The summed E-state index contributed by atoms with van der Waals surface area (Å²) in [5, 5.41) is 17.2. The number of allylic oxidation sites excluding steroid dienone is 2. The van der Waals surface area contributed by atoms with Crippen molar-refractivity contribution in [2.24, 2.45) is 17.3 Å². The number of aryl methyl sites for hydroxylation is 1. The van der Waals surface area contributed by atoms with Crippen molar-refractivity contribution in [3.05, 3.63) is 95.6 Å². The molecule has 1 aliphatic rings. The molecule has 0 amide bonds. The van der Waals surface area contributed by atoms with Crippen molar-refractivity contribution in [1.82, 2.24) is 9.97 Å². The van der Waals surface area contributed by atoms with E-state index in [1.807, 2.05) is 33.9 Å². The second kappa shape index (κ2) is 17.8. The summed E-state index contributed by atoms with van der Waals surface area (Å²) in [5.41, 5.74) is 6.27. The van der Waals surface area contributed by atoms with Gasteiger partial charge in [0.15, 0.2) is 5.78 Å². The molecule has 4 nitrogen and oxygen atoms in total. The minimum atomic E-state index is 0. The summed E-state index contributed by atoms with van der Waals surface area (Å²) < 4.78 is 0. The fourth-order valence-corrected chi connectivity index (χ4v) is 8.10. The number of pyridine rings is 2. The van der Waals surface area contributed by atoms with Gasteiger partial charge in [-0.25, -0.2) is 0 Å². The number of rotatable bonds is 9. The van der Waals surface area contributed by atoms with Crippen LogP contribution >= 0.6 is 0 Å². The van der Waals surface area contributed by atoms with Gasteiger partial charge in [0, 0.05) is 66.9 Å². The summed E-state index contributed by atoms with van der Waals surface area (Å²) in [4.78, 5) is 21.7. The Bertz CT molecular complexity index is 2050. The van der Waals surface area contributed by atoms with E-state index < -0.39 is 0 Å². The predicted molar refractivity (Wildman–Crippen MR) is 221 cm³/mol. The maximum absolute atomic E-state index is 11.7. The Hall–Kier alpha value is -3.40. The summed E-state index contributed by atoms with van der Waals surface area (Å²) in [7, 11) is 0. The van der Waals surface area contributed by atoms with Crippen LogP contribution in [0.1, 0.15) is 137 Å². The van der Waals surface area contributed by atoms with Gasteiger partial charge < -0.3 is 5.11 Å². The molecule has 0 spiro atoms. The van der Waals surface area contributed by atoms with E-state index in [0.717, 1.165) is 48.0 Å². The zero-order chi connectivity index (χ0) is 37.8. The number of benzene rings is 3. The molecule has 5 aromatic rings. The number of nitrogens with zero attached hydrogens (tertiary/aromatic N) is 2. The molecule has 285 valence electrons. The van der Waals surface area contributed by atoms with E-state index in [1.54, 1.807) is 0 Å². The number of aromatic nitrogens is 2. The number of hydrogen-bond donors (Lipinski definition) is 1. The fraction of sp³-hybridized carbons (Fsp3) is 0.479. The molecule has 1 saturated carbocycles. The van der Waals surface area contributed by atoms with Crippen LogP contribution in [0, 0.1) is 30.2 Å². The molecular weight excluding hydrogens is 829 g/mol. The van der Waals surface area contributed by atoms with Crippen molar-refractivity contribution in [2.45, 2.75) is 132 Å². The molecule has 0 atom stereocenters. The van der Waals surface area contributed by atoms with E-state index in [2.05, 4.69) is 102 Å².